The number of thiophene rings is 1. The number of benzene rings is 1. The molecule has 0 radical (unpaired) electrons. The molecule has 1 aliphatic rings. The first kappa shape index (κ1) is 23.2. The molecule has 0 atom stereocenters. The molecule has 2 aromatic heterocycles. The fourth-order valence-corrected chi connectivity index (χ4v) is 4.67. The van der Waals surface area contributed by atoms with Gasteiger partial charge in [-0.2, -0.15) is 0 Å². The van der Waals surface area contributed by atoms with Gasteiger partial charge in [-0.3, -0.25) is 14.4 Å². The SMILES string of the molecule is CC(=O)OC(C)(C)C.Cc1sc2c(c1C)C(c1ccc(Cl)cc1)=NCc1nnc(C)n1-2. The largest absolute Gasteiger partial charge is 0.460 e. The molecule has 4 rings (SSSR count). The van der Waals surface area contributed by atoms with E-state index in [0.717, 1.165) is 32.9 Å². The fraction of sp³-hybridized carbons (Fsp3) is 0.391. The number of aromatic nitrogens is 3. The van der Waals surface area contributed by atoms with Gasteiger partial charge in [0.1, 0.15) is 23.0 Å². The topological polar surface area (TPSA) is 69.4 Å². The summed E-state index contributed by atoms with van der Waals surface area (Å²) in [5.74, 6) is 1.56. The molecular weight excluding hydrogens is 432 g/mol. The zero-order chi connectivity index (χ0) is 22.9. The van der Waals surface area contributed by atoms with Gasteiger partial charge in [0.15, 0.2) is 5.82 Å². The van der Waals surface area contributed by atoms with Crippen molar-refractivity contribution >= 4 is 34.6 Å². The first-order valence-corrected chi connectivity index (χ1v) is 11.2. The lowest BCUT2D eigenvalue weighted by Gasteiger charge is -2.17. The van der Waals surface area contributed by atoms with Gasteiger partial charge in [-0.25, -0.2) is 0 Å². The van der Waals surface area contributed by atoms with Crippen LogP contribution in [0, 0.1) is 20.8 Å². The maximum Gasteiger partial charge on any atom is 0.303 e. The van der Waals surface area contributed by atoms with E-state index < -0.39 is 0 Å². The number of hydrogen-bond acceptors (Lipinski definition) is 6. The number of rotatable bonds is 1. The minimum atomic E-state index is -0.328. The van der Waals surface area contributed by atoms with E-state index in [1.165, 1.54) is 22.9 Å². The molecule has 0 saturated heterocycles. The highest BCUT2D eigenvalue weighted by Gasteiger charge is 2.26. The molecule has 0 N–H and O–H groups in total. The van der Waals surface area contributed by atoms with E-state index in [-0.39, 0.29) is 11.6 Å². The quantitative estimate of drug-likeness (QED) is 0.444. The highest BCUT2D eigenvalue weighted by atomic mass is 35.5. The lowest BCUT2D eigenvalue weighted by Crippen LogP contribution is -2.21. The first-order valence-electron chi connectivity index (χ1n) is 9.99. The van der Waals surface area contributed by atoms with Crippen LogP contribution in [0.2, 0.25) is 5.02 Å². The average molecular weight is 459 g/mol. The van der Waals surface area contributed by atoms with E-state index in [9.17, 15) is 4.79 Å². The zero-order valence-corrected chi connectivity index (χ0v) is 20.5. The zero-order valence-electron chi connectivity index (χ0n) is 18.9. The Kier molecular flexibility index (Phi) is 6.67. The Balaban J connectivity index is 0.000000293. The second-order valence-electron chi connectivity index (χ2n) is 8.34. The molecule has 0 unspecified atom stereocenters. The van der Waals surface area contributed by atoms with E-state index in [1.807, 2.05) is 52.0 Å². The van der Waals surface area contributed by atoms with Gasteiger partial charge in [0.2, 0.25) is 0 Å². The number of hydrogen-bond donors (Lipinski definition) is 0. The summed E-state index contributed by atoms with van der Waals surface area (Å²) < 4.78 is 6.93. The van der Waals surface area contributed by atoms with Gasteiger partial charge in [0.25, 0.3) is 0 Å². The summed E-state index contributed by atoms with van der Waals surface area (Å²) in [5, 5.41) is 10.4. The van der Waals surface area contributed by atoms with Crippen LogP contribution in [0.25, 0.3) is 5.00 Å². The summed E-state index contributed by atoms with van der Waals surface area (Å²) in [6.45, 7) is 13.7. The lowest BCUT2D eigenvalue weighted by atomic mass is 10.00. The summed E-state index contributed by atoms with van der Waals surface area (Å²) in [6, 6.07) is 7.86. The highest BCUT2D eigenvalue weighted by Crippen LogP contribution is 2.36. The highest BCUT2D eigenvalue weighted by molar-refractivity contribution is 7.15. The van der Waals surface area contributed by atoms with Crippen molar-refractivity contribution in [2.75, 3.05) is 0 Å². The van der Waals surface area contributed by atoms with Crippen LogP contribution in [0.15, 0.2) is 29.3 Å². The summed E-state index contributed by atoms with van der Waals surface area (Å²) in [5.41, 5.74) is 4.19. The Morgan fingerprint density at radius 3 is 2.32 bits per heavy atom. The Bertz CT molecular complexity index is 1140. The maximum atomic E-state index is 10.2. The third-order valence-electron chi connectivity index (χ3n) is 4.64. The van der Waals surface area contributed by atoms with Crippen LogP contribution in [-0.4, -0.2) is 32.0 Å². The molecule has 8 heteroatoms. The number of fused-ring (bicyclic) bond motifs is 3. The molecule has 0 fully saturated rings. The number of carbonyl (C=O) groups excluding carboxylic acids is 1. The van der Waals surface area contributed by atoms with Gasteiger partial charge < -0.3 is 4.74 Å². The van der Waals surface area contributed by atoms with Crippen LogP contribution in [0.1, 0.15) is 60.9 Å². The predicted molar refractivity (Wildman–Crippen MR) is 126 cm³/mol. The monoisotopic (exact) mass is 458 g/mol. The molecule has 0 saturated carbocycles. The molecule has 31 heavy (non-hydrogen) atoms. The number of carbonyl (C=O) groups is 1. The molecule has 3 heterocycles. The van der Waals surface area contributed by atoms with Crippen LogP contribution < -0.4 is 0 Å². The summed E-state index contributed by atoms with van der Waals surface area (Å²) in [6.07, 6.45) is 0. The molecule has 0 bridgehead atoms. The van der Waals surface area contributed by atoms with Gasteiger partial charge in [0.05, 0.1) is 5.71 Å². The first-order chi connectivity index (χ1) is 14.5. The number of nitrogens with zero attached hydrogens (tertiary/aromatic N) is 4. The number of aryl methyl sites for hydroxylation is 2. The molecule has 0 spiro atoms. The van der Waals surface area contributed by atoms with E-state index in [4.69, 9.17) is 21.3 Å². The Morgan fingerprint density at radius 1 is 1.13 bits per heavy atom. The normalized spacial score (nSPS) is 12.7. The average Bonchev–Trinajstić information content (AvgIpc) is 3.09. The number of halogens is 1. The molecule has 164 valence electrons. The molecule has 1 aliphatic heterocycles. The minimum absolute atomic E-state index is 0.225. The Labute approximate surface area is 192 Å². The van der Waals surface area contributed by atoms with Crippen molar-refractivity contribution in [1.82, 2.24) is 14.8 Å². The van der Waals surface area contributed by atoms with E-state index in [0.29, 0.717) is 6.54 Å². The number of ether oxygens (including phenoxy) is 1. The molecule has 6 nitrogen and oxygen atoms in total. The van der Waals surface area contributed by atoms with Gasteiger partial charge >= 0.3 is 5.97 Å². The van der Waals surface area contributed by atoms with E-state index in [1.54, 1.807) is 11.3 Å². The molecule has 0 aliphatic carbocycles. The summed E-state index contributed by atoms with van der Waals surface area (Å²) in [7, 11) is 0. The van der Waals surface area contributed by atoms with Crippen molar-refractivity contribution in [3.05, 3.63) is 62.5 Å². The van der Waals surface area contributed by atoms with Gasteiger partial charge in [-0.1, -0.05) is 23.7 Å². The summed E-state index contributed by atoms with van der Waals surface area (Å²) >= 11 is 7.80. The molecular formula is C23H27ClN4O2S. The predicted octanol–water partition coefficient (Wildman–Crippen LogP) is 5.61. The maximum absolute atomic E-state index is 10.2. The van der Waals surface area contributed by atoms with Crippen molar-refractivity contribution in [3.63, 3.8) is 0 Å². The van der Waals surface area contributed by atoms with Crippen LogP contribution in [0.3, 0.4) is 0 Å². The van der Waals surface area contributed by atoms with Gasteiger partial charge in [-0.05, 0) is 59.2 Å². The second-order valence-corrected chi connectivity index (χ2v) is 9.98. The van der Waals surface area contributed by atoms with Crippen molar-refractivity contribution in [1.29, 1.82) is 0 Å². The standard InChI is InChI=1S/C17H15ClN4S.C6H12O2/c1-9-10(2)23-17-15(9)16(12-4-6-13(18)7-5-12)19-8-14-21-20-11(3)22(14)17;1-5(7)8-6(2,3)4/h4-7H,8H2,1-3H3;1-4H3. The smallest absolute Gasteiger partial charge is 0.303 e. The minimum Gasteiger partial charge on any atom is -0.460 e. The van der Waals surface area contributed by atoms with Crippen molar-refractivity contribution < 1.29 is 9.53 Å². The van der Waals surface area contributed by atoms with Crippen LogP contribution in [-0.2, 0) is 16.1 Å². The number of aliphatic imine (C=N–C) groups is 1. The van der Waals surface area contributed by atoms with Gasteiger partial charge in [0, 0.05) is 28.0 Å². The summed E-state index contributed by atoms with van der Waals surface area (Å²) in [4.78, 5) is 16.4. The Hall–Kier alpha value is -2.51. The van der Waals surface area contributed by atoms with Crippen LogP contribution in [0.4, 0.5) is 0 Å². The molecule has 0 amide bonds. The third-order valence-corrected chi connectivity index (χ3v) is 6.09. The number of esters is 1. The molecule has 1 aromatic carbocycles. The molecule has 3 aromatic rings. The van der Waals surface area contributed by atoms with Crippen LogP contribution in [0.5, 0.6) is 0 Å². The lowest BCUT2D eigenvalue weighted by molar-refractivity contribution is -0.151. The van der Waals surface area contributed by atoms with Crippen molar-refractivity contribution in [2.24, 2.45) is 4.99 Å². The van der Waals surface area contributed by atoms with E-state index >= 15 is 0 Å². The van der Waals surface area contributed by atoms with E-state index in [2.05, 4.69) is 28.6 Å². The van der Waals surface area contributed by atoms with Crippen molar-refractivity contribution in [3.8, 4) is 5.00 Å². The fourth-order valence-electron chi connectivity index (χ4n) is 3.32. The third kappa shape index (κ3) is 5.22. The van der Waals surface area contributed by atoms with Crippen molar-refractivity contribution in [2.45, 2.75) is 60.6 Å². The van der Waals surface area contributed by atoms with Crippen LogP contribution >= 0.6 is 22.9 Å². The van der Waals surface area contributed by atoms with Gasteiger partial charge in [-0.15, -0.1) is 21.5 Å². The second kappa shape index (κ2) is 8.93. The Morgan fingerprint density at radius 2 is 1.77 bits per heavy atom.